The standard InChI is InChI=1S/C19H20F2N4O3S/c1-12(13-4-6-14(7-5-13)28-18(20)21)29-19-24-23-17(9-8-16(22)26)25(19)11-15-3-2-10-27-15/h2-7,10,12,18H,8-9,11H2,1H3,(H2,22,26). The smallest absolute Gasteiger partial charge is 0.387 e. The van der Waals surface area contributed by atoms with Gasteiger partial charge in [-0.2, -0.15) is 8.78 Å². The Balaban J connectivity index is 1.77. The fourth-order valence-electron chi connectivity index (χ4n) is 2.69. The number of aromatic nitrogens is 3. The second-order valence-corrected chi connectivity index (χ2v) is 7.55. The molecule has 0 radical (unpaired) electrons. The molecule has 1 atom stereocenters. The number of nitrogens with two attached hydrogens (primary N) is 1. The van der Waals surface area contributed by atoms with E-state index in [1.807, 2.05) is 17.6 Å². The van der Waals surface area contributed by atoms with E-state index in [-0.39, 0.29) is 17.4 Å². The molecule has 7 nitrogen and oxygen atoms in total. The van der Waals surface area contributed by atoms with Crippen molar-refractivity contribution in [2.24, 2.45) is 5.73 Å². The Morgan fingerprint density at radius 3 is 2.66 bits per heavy atom. The number of hydrogen-bond acceptors (Lipinski definition) is 6. The lowest BCUT2D eigenvalue weighted by molar-refractivity contribution is -0.118. The minimum Gasteiger partial charge on any atom is -0.467 e. The molecule has 154 valence electrons. The van der Waals surface area contributed by atoms with Crippen molar-refractivity contribution in [2.75, 3.05) is 0 Å². The van der Waals surface area contributed by atoms with Crippen LogP contribution in [0.25, 0.3) is 0 Å². The second kappa shape index (κ2) is 9.55. The van der Waals surface area contributed by atoms with Crippen molar-refractivity contribution >= 4 is 17.7 Å². The second-order valence-electron chi connectivity index (χ2n) is 6.24. The molecule has 0 saturated heterocycles. The molecule has 2 aromatic heterocycles. The topological polar surface area (TPSA) is 96.2 Å². The molecule has 29 heavy (non-hydrogen) atoms. The van der Waals surface area contributed by atoms with Gasteiger partial charge in [0.25, 0.3) is 0 Å². The molecular weight excluding hydrogens is 402 g/mol. The number of primary amides is 1. The van der Waals surface area contributed by atoms with Crippen LogP contribution in [0.2, 0.25) is 0 Å². The number of hydrogen-bond donors (Lipinski definition) is 1. The Labute approximate surface area is 170 Å². The van der Waals surface area contributed by atoms with Crippen LogP contribution in [0.1, 0.15) is 35.7 Å². The van der Waals surface area contributed by atoms with Gasteiger partial charge in [-0.1, -0.05) is 23.9 Å². The molecule has 0 fully saturated rings. The molecule has 2 N–H and O–H groups in total. The number of alkyl halides is 2. The summed E-state index contributed by atoms with van der Waals surface area (Å²) < 4.78 is 36.3. The van der Waals surface area contributed by atoms with Crippen molar-refractivity contribution in [3.63, 3.8) is 0 Å². The summed E-state index contributed by atoms with van der Waals surface area (Å²) in [5.41, 5.74) is 6.17. The summed E-state index contributed by atoms with van der Waals surface area (Å²) in [6.45, 7) is -0.459. The van der Waals surface area contributed by atoms with E-state index in [0.29, 0.717) is 23.9 Å². The normalized spacial score (nSPS) is 12.3. The number of carbonyl (C=O) groups is 1. The van der Waals surface area contributed by atoms with E-state index in [1.165, 1.54) is 23.9 Å². The number of benzene rings is 1. The van der Waals surface area contributed by atoms with Crippen LogP contribution in [0.3, 0.4) is 0 Å². The van der Waals surface area contributed by atoms with E-state index in [9.17, 15) is 13.6 Å². The third kappa shape index (κ3) is 5.80. The molecule has 1 unspecified atom stereocenters. The SMILES string of the molecule is CC(Sc1nnc(CCC(N)=O)n1Cc1ccco1)c1ccc(OC(F)F)cc1. The molecule has 3 rings (SSSR count). The molecule has 0 bridgehead atoms. The number of aryl methyl sites for hydroxylation is 1. The van der Waals surface area contributed by atoms with Gasteiger partial charge in [0, 0.05) is 18.1 Å². The predicted molar refractivity (Wildman–Crippen MR) is 103 cm³/mol. The maximum absolute atomic E-state index is 12.3. The first-order valence-electron chi connectivity index (χ1n) is 8.86. The molecular formula is C19H20F2N4O3S. The Bertz CT molecular complexity index is 930. The van der Waals surface area contributed by atoms with Crippen LogP contribution in [0.5, 0.6) is 5.75 Å². The van der Waals surface area contributed by atoms with Crippen LogP contribution in [0.4, 0.5) is 8.78 Å². The first-order chi connectivity index (χ1) is 13.9. The first-order valence-corrected chi connectivity index (χ1v) is 9.74. The molecule has 3 aromatic rings. The van der Waals surface area contributed by atoms with Crippen molar-refractivity contribution in [1.82, 2.24) is 14.8 Å². The maximum Gasteiger partial charge on any atom is 0.387 e. The molecule has 1 amide bonds. The van der Waals surface area contributed by atoms with E-state index < -0.39 is 12.5 Å². The third-order valence-corrected chi connectivity index (χ3v) is 5.28. The van der Waals surface area contributed by atoms with E-state index in [2.05, 4.69) is 14.9 Å². The first kappa shape index (κ1) is 20.8. The number of carbonyl (C=O) groups excluding carboxylic acids is 1. The van der Waals surface area contributed by atoms with Gasteiger partial charge >= 0.3 is 6.61 Å². The van der Waals surface area contributed by atoms with Gasteiger partial charge in [-0.15, -0.1) is 10.2 Å². The van der Waals surface area contributed by atoms with Crippen molar-refractivity contribution in [3.05, 3.63) is 59.8 Å². The van der Waals surface area contributed by atoms with Gasteiger partial charge in [0.15, 0.2) is 5.16 Å². The predicted octanol–water partition coefficient (Wildman–Crippen LogP) is 3.79. The number of ether oxygens (including phenoxy) is 1. The average Bonchev–Trinajstić information content (AvgIpc) is 3.31. The summed E-state index contributed by atoms with van der Waals surface area (Å²) in [6.07, 6.45) is 2.13. The van der Waals surface area contributed by atoms with Gasteiger partial charge in [-0.05, 0) is 36.8 Å². The minimum absolute atomic E-state index is 0.0286. The molecule has 10 heteroatoms. The number of rotatable bonds is 10. The van der Waals surface area contributed by atoms with Crippen LogP contribution in [0.15, 0.2) is 52.2 Å². The van der Waals surface area contributed by atoms with Crippen molar-refractivity contribution in [1.29, 1.82) is 0 Å². The fourth-order valence-corrected chi connectivity index (χ4v) is 3.68. The highest BCUT2D eigenvalue weighted by Gasteiger charge is 2.18. The van der Waals surface area contributed by atoms with Crippen LogP contribution in [-0.2, 0) is 17.8 Å². The van der Waals surface area contributed by atoms with Gasteiger partial charge in [0.05, 0.1) is 12.8 Å². The summed E-state index contributed by atoms with van der Waals surface area (Å²) in [5.74, 6) is 1.06. The van der Waals surface area contributed by atoms with Gasteiger partial charge in [-0.3, -0.25) is 9.36 Å². The monoisotopic (exact) mass is 422 g/mol. The summed E-state index contributed by atoms with van der Waals surface area (Å²) in [7, 11) is 0. The number of furan rings is 1. The highest BCUT2D eigenvalue weighted by molar-refractivity contribution is 7.99. The number of amides is 1. The van der Waals surface area contributed by atoms with E-state index in [0.717, 1.165) is 11.3 Å². The lowest BCUT2D eigenvalue weighted by Crippen LogP contribution is -2.14. The van der Waals surface area contributed by atoms with Crippen molar-refractivity contribution in [3.8, 4) is 5.75 Å². The number of halogens is 2. The Kier molecular flexibility index (Phi) is 6.86. The highest BCUT2D eigenvalue weighted by Crippen LogP contribution is 2.35. The van der Waals surface area contributed by atoms with Crippen LogP contribution in [-0.4, -0.2) is 27.3 Å². The zero-order valence-corrected chi connectivity index (χ0v) is 16.4. The molecule has 0 aliphatic heterocycles. The quantitative estimate of drug-likeness (QED) is 0.500. The fraction of sp³-hybridized carbons (Fsp3) is 0.316. The van der Waals surface area contributed by atoms with Gasteiger partial charge in [-0.25, -0.2) is 0 Å². The average molecular weight is 422 g/mol. The van der Waals surface area contributed by atoms with Crippen molar-refractivity contribution < 1.29 is 22.7 Å². The molecule has 0 saturated carbocycles. The number of nitrogens with zero attached hydrogens (tertiary/aromatic N) is 3. The maximum atomic E-state index is 12.3. The molecule has 2 heterocycles. The number of thioether (sulfide) groups is 1. The zero-order valence-electron chi connectivity index (χ0n) is 15.6. The van der Waals surface area contributed by atoms with Gasteiger partial charge in [0.1, 0.15) is 17.3 Å². The van der Waals surface area contributed by atoms with E-state index >= 15 is 0 Å². The lowest BCUT2D eigenvalue weighted by Gasteiger charge is -2.14. The Hall–Kier alpha value is -2.88. The molecule has 1 aromatic carbocycles. The highest BCUT2D eigenvalue weighted by atomic mass is 32.2. The Morgan fingerprint density at radius 2 is 2.03 bits per heavy atom. The zero-order chi connectivity index (χ0) is 20.8. The van der Waals surface area contributed by atoms with E-state index in [1.54, 1.807) is 24.5 Å². The van der Waals surface area contributed by atoms with Crippen molar-refractivity contribution in [2.45, 2.75) is 43.3 Å². The third-order valence-electron chi connectivity index (χ3n) is 4.14. The minimum atomic E-state index is -2.85. The van der Waals surface area contributed by atoms with Gasteiger partial charge in [0.2, 0.25) is 5.91 Å². The molecule has 0 spiro atoms. The summed E-state index contributed by atoms with van der Waals surface area (Å²) in [4.78, 5) is 11.1. The largest absolute Gasteiger partial charge is 0.467 e. The van der Waals surface area contributed by atoms with E-state index in [4.69, 9.17) is 10.2 Å². The lowest BCUT2D eigenvalue weighted by atomic mass is 10.2. The Morgan fingerprint density at radius 1 is 1.28 bits per heavy atom. The summed E-state index contributed by atoms with van der Waals surface area (Å²) in [6, 6.07) is 10.1. The van der Waals surface area contributed by atoms with Gasteiger partial charge < -0.3 is 14.9 Å². The van der Waals surface area contributed by atoms with Crippen LogP contribution >= 0.6 is 11.8 Å². The summed E-state index contributed by atoms with van der Waals surface area (Å²) >= 11 is 1.46. The molecule has 0 aliphatic rings. The van der Waals surface area contributed by atoms with Crippen LogP contribution < -0.4 is 10.5 Å². The molecule has 0 aliphatic carbocycles. The summed E-state index contributed by atoms with van der Waals surface area (Å²) in [5, 5.41) is 9.08. The van der Waals surface area contributed by atoms with Crippen LogP contribution in [0, 0.1) is 0 Å².